The lowest BCUT2D eigenvalue weighted by molar-refractivity contribution is 0.201. The molecular weight excluding hydrogens is 372 g/mol. The van der Waals surface area contributed by atoms with E-state index in [9.17, 15) is 20.1 Å². The zero-order chi connectivity index (χ0) is 21.1. The number of allylic oxidation sites excluding steroid dienone is 1. The first kappa shape index (κ1) is 20.5. The average Bonchev–Trinajstić information content (AvgIpc) is 2.65. The lowest BCUT2D eigenvalue weighted by Crippen LogP contribution is -2.07. The molecule has 1 unspecified atom stereocenters. The van der Waals surface area contributed by atoms with Crippen molar-refractivity contribution in [2.75, 3.05) is 6.61 Å². The molecule has 1 atom stereocenters. The standard InChI is InChI=1S/C23H24O6/c1-13(2)18(25)6-4-14(3)8-9-28-16-5-7-20-17(12-16)23(27)22-19(26)10-15(24)11-21(22)29-20/h5,7-8,10-12,18,24-26H,1,4,6,9H2,2-3H3/b14-8+. The fourth-order valence-electron chi connectivity index (χ4n) is 3.01. The van der Waals surface area contributed by atoms with E-state index >= 15 is 0 Å². The van der Waals surface area contributed by atoms with Crippen molar-refractivity contribution in [3.8, 4) is 17.2 Å². The first-order chi connectivity index (χ1) is 13.8. The number of fused-ring (bicyclic) bond motifs is 2. The summed E-state index contributed by atoms with van der Waals surface area (Å²) < 4.78 is 11.4. The monoisotopic (exact) mass is 396 g/mol. The highest BCUT2D eigenvalue weighted by atomic mass is 16.5. The third kappa shape index (κ3) is 4.60. The van der Waals surface area contributed by atoms with Crippen molar-refractivity contribution < 1.29 is 24.5 Å². The number of phenolic OH excluding ortho intramolecular Hbond substituents is 2. The Morgan fingerprint density at radius 3 is 2.69 bits per heavy atom. The van der Waals surface area contributed by atoms with Gasteiger partial charge in [-0.3, -0.25) is 4.79 Å². The Kier molecular flexibility index (Phi) is 5.94. The van der Waals surface area contributed by atoms with Gasteiger partial charge in [-0.2, -0.15) is 0 Å². The second-order valence-electron chi connectivity index (χ2n) is 7.19. The van der Waals surface area contributed by atoms with Crippen molar-refractivity contribution in [3.05, 3.63) is 64.4 Å². The second kappa shape index (κ2) is 8.41. The summed E-state index contributed by atoms with van der Waals surface area (Å²) in [5, 5.41) is 29.7. The van der Waals surface area contributed by atoms with Crippen molar-refractivity contribution in [2.45, 2.75) is 32.8 Å². The van der Waals surface area contributed by atoms with Crippen LogP contribution in [0.1, 0.15) is 26.7 Å². The molecule has 152 valence electrons. The molecule has 1 heterocycles. The fraction of sp³-hybridized carbons (Fsp3) is 0.261. The third-order valence-corrected chi connectivity index (χ3v) is 4.77. The first-order valence-corrected chi connectivity index (χ1v) is 9.30. The molecule has 3 rings (SSSR count). The van der Waals surface area contributed by atoms with E-state index in [4.69, 9.17) is 9.15 Å². The van der Waals surface area contributed by atoms with Gasteiger partial charge in [0.1, 0.15) is 40.4 Å². The summed E-state index contributed by atoms with van der Waals surface area (Å²) in [6.07, 6.45) is 2.76. The van der Waals surface area contributed by atoms with Crippen molar-refractivity contribution in [3.63, 3.8) is 0 Å². The van der Waals surface area contributed by atoms with Gasteiger partial charge in [0.05, 0.1) is 11.5 Å². The van der Waals surface area contributed by atoms with Crippen molar-refractivity contribution in [1.82, 2.24) is 0 Å². The molecule has 0 saturated heterocycles. The molecular formula is C23H24O6. The normalized spacial score (nSPS) is 13.0. The number of phenols is 2. The predicted octanol–water partition coefficient (Wildman–Crippen LogP) is 4.40. The highest BCUT2D eigenvalue weighted by Gasteiger charge is 2.13. The lowest BCUT2D eigenvalue weighted by Gasteiger charge is -2.10. The van der Waals surface area contributed by atoms with Gasteiger partial charge in [-0.15, -0.1) is 0 Å². The molecule has 1 aromatic heterocycles. The van der Waals surface area contributed by atoms with Crippen molar-refractivity contribution in [1.29, 1.82) is 0 Å². The lowest BCUT2D eigenvalue weighted by atomic mass is 10.0. The summed E-state index contributed by atoms with van der Waals surface area (Å²) in [6, 6.07) is 7.27. The fourth-order valence-corrected chi connectivity index (χ4v) is 3.01. The predicted molar refractivity (Wildman–Crippen MR) is 113 cm³/mol. The molecule has 0 bridgehead atoms. The smallest absolute Gasteiger partial charge is 0.204 e. The van der Waals surface area contributed by atoms with Gasteiger partial charge in [-0.05, 0) is 51.0 Å². The van der Waals surface area contributed by atoms with E-state index in [1.165, 1.54) is 6.07 Å². The molecule has 0 aliphatic carbocycles. The highest BCUT2D eigenvalue weighted by Crippen LogP contribution is 2.30. The van der Waals surface area contributed by atoms with E-state index in [1.54, 1.807) is 25.1 Å². The molecule has 6 nitrogen and oxygen atoms in total. The van der Waals surface area contributed by atoms with E-state index < -0.39 is 11.5 Å². The zero-order valence-corrected chi connectivity index (χ0v) is 16.4. The number of aromatic hydroxyl groups is 2. The van der Waals surface area contributed by atoms with E-state index in [-0.39, 0.29) is 27.9 Å². The van der Waals surface area contributed by atoms with Crippen LogP contribution in [0.25, 0.3) is 21.9 Å². The van der Waals surface area contributed by atoms with Crippen LogP contribution in [0.5, 0.6) is 17.2 Å². The van der Waals surface area contributed by atoms with Crippen LogP contribution in [0.2, 0.25) is 0 Å². The Balaban J connectivity index is 1.78. The molecule has 0 aliphatic heterocycles. The summed E-state index contributed by atoms with van der Waals surface area (Å²) >= 11 is 0. The molecule has 0 saturated carbocycles. The third-order valence-electron chi connectivity index (χ3n) is 4.77. The number of hydrogen-bond donors (Lipinski definition) is 3. The van der Waals surface area contributed by atoms with Crippen molar-refractivity contribution in [2.24, 2.45) is 0 Å². The van der Waals surface area contributed by atoms with E-state index in [1.807, 2.05) is 13.0 Å². The summed E-state index contributed by atoms with van der Waals surface area (Å²) in [5.41, 5.74) is 1.88. The minimum atomic E-state index is -0.507. The molecule has 3 N–H and O–H groups in total. The van der Waals surface area contributed by atoms with Gasteiger partial charge < -0.3 is 24.5 Å². The van der Waals surface area contributed by atoms with E-state index in [2.05, 4.69) is 6.58 Å². The van der Waals surface area contributed by atoms with Gasteiger partial charge in [-0.25, -0.2) is 0 Å². The topological polar surface area (TPSA) is 100 Å². The Morgan fingerprint density at radius 1 is 1.21 bits per heavy atom. The highest BCUT2D eigenvalue weighted by molar-refractivity contribution is 5.94. The second-order valence-corrected chi connectivity index (χ2v) is 7.19. The SMILES string of the molecule is C=C(C)C(O)CC/C(C)=C/COc1ccc2oc3cc(O)cc(O)c3c(=O)c2c1. The Morgan fingerprint density at radius 2 is 1.97 bits per heavy atom. The molecule has 2 aromatic carbocycles. The molecule has 0 spiro atoms. The van der Waals surface area contributed by atoms with Gasteiger partial charge in [0.25, 0.3) is 0 Å². The number of hydrogen-bond acceptors (Lipinski definition) is 6. The molecule has 6 heteroatoms. The van der Waals surface area contributed by atoms with E-state index in [0.717, 1.165) is 23.6 Å². The first-order valence-electron chi connectivity index (χ1n) is 9.30. The number of rotatable bonds is 7. The van der Waals surface area contributed by atoms with Gasteiger partial charge in [0, 0.05) is 12.1 Å². The summed E-state index contributed by atoms with van der Waals surface area (Å²) in [6.45, 7) is 7.82. The maximum absolute atomic E-state index is 12.8. The Bertz CT molecular complexity index is 1160. The Labute approximate surface area is 168 Å². The Hall–Kier alpha value is -3.25. The molecule has 0 radical (unpaired) electrons. The minimum Gasteiger partial charge on any atom is -0.508 e. The maximum atomic E-state index is 12.8. The quantitative estimate of drug-likeness (QED) is 0.404. The van der Waals surface area contributed by atoms with Gasteiger partial charge in [-0.1, -0.05) is 17.7 Å². The molecule has 0 aliphatic rings. The number of aliphatic hydroxyl groups is 1. The van der Waals surface area contributed by atoms with Crippen LogP contribution in [-0.4, -0.2) is 28.0 Å². The van der Waals surface area contributed by atoms with E-state index in [0.29, 0.717) is 24.4 Å². The molecule has 0 amide bonds. The van der Waals surface area contributed by atoms with Crippen LogP contribution < -0.4 is 10.2 Å². The van der Waals surface area contributed by atoms with Gasteiger partial charge in [0.2, 0.25) is 5.43 Å². The maximum Gasteiger partial charge on any atom is 0.204 e. The zero-order valence-electron chi connectivity index (χ0n) is 16.4. The molecule has 0 fully saturated rings. The van der Waals surface area contributed by atoms with Crippen LogP contribution in [-0.2, 0) is 0 Å². The summed E-state index contributed by atoms with van der Waals surface area (Å²) in [7, 11) is 0. The van der Waals surface area contributed by atoms with Crippen LogP contribution in [0.3, 0.4) is 0 Å². The summed E-state index contributed by atoms with van der Waals surface area (Å²) in [5.74, 6) is -0.0266. The largest absolute Gasteiger partial charge is 0.508 e. The number of aliphatic hydroxyl groups excluding tert-OH is 1. The van der Waals surface area contributed by atoms with Crippen LogP contribution in [0.15, 0.2) is 63.3 Å². The number of benzene rings is 2. The van der Waals surface area contributed by atoms with Crippen LogP contribution in [0, 0.1) is 0 Å². The molecule has 29 heavy (non-hydrogen) atoms. The minimum absolute atomic E-state index is 0.0132. The van der Waals surface area contributed by atoms with Gasteiger partial charge >= 0.3 is 0 Å². The van der Waals surface area contributed by atoms with Gasteiger partial charge in [0.15, 0.2) is 0 Å². The van der Waals surface area contributed by atoms with Crippen molar-refractivity contribution >= 4 is 21.9 Å². The molecule has 3 aromatic rings. The van der Waals surface area contributed by atoms with Crippen LogP contribution in [0.4, 0.5) is 0 Å². The van der Waals surface area contributed by atoms with Crippen LogP contribution >= 0.6 is 0 Å². The summed E-state index contributed by atoms with van der Waals surface area (Å²) in [4.78, 5) is 12.8. The average molecular weight is 396 g/mol. The number of ether oxygens (including phenoxy) is 1.